The highest BCUT2D eigenvalue weighted by molar-refractivity contribution is 4.95. The molecule has 1 aliphatic carbocycles. The predicted octanol–water partition coefficient (Wildman–Crippen LogP) is 1.81. The van der Waals surface area contributed by atoms with Crippen molar-refractivity contribution >= 4 is 0 Å². The first-order valence-electron chi connectivity index (χ1n) is 6.94. The first-order chi connectivity index (χ1) is 8.81. The van der Waals surface area contributed by atoms with Crippen LogP contribution in [0.2, 0.25) is 0 Å². The highest BCUT2D eigenvalue weighted by atomic mass is 16.5. The van der Waals surface area contributed by atoms with Gasteiger partial charge in [0.2, 0.25) is 11.7 Å². The molecular formula is C13H21N3O2. The summed E-state index contributed by atoms with van der Waals surface area (Å²) < 4.78 is 11.0. The van der Waals surface area contributed by atoms with Gasteiger partial charge in [-0.05, 0) is 25.8 Å². The molecule has 1 aliphatic heterocycles. The molecule has 1 aromatic heterocycles. The van der Waals surface area contributed by atoms with Crippen molar-refractivity contribution in [1.82, 2.24) is 15.0 Å². The van der Waals surface area contributed by atoms with Crippen LogP contribution in [0.4, 0.5) is 0 Å². The maximum Gasteiger partial charge on any atom is 0.227 e. The van der Waals surface area contributed by atoms with Crippen LogP contribution in [0.15, 0.2) is 4.52 Å². The highest BCUT2D eigenvalue weighted by Crippen LogP contribution is 2.28. The largest absolute Gasteiger partial charge is 0.367 e. The van der Waals surface area contributed by atoms with Crippen LogP contribution in [-0.2, 0) is 11.2 Å². The maximum absolute atomic E-state index is 5.69. The molecule has 1 unspecified atom stereocenters. The van der Waals surface area contributed by atoms with Crippen LogP contribution in [0.5, 0.6) is 0 Å². The zero-order valence-corrected chi connectivity index (χ0v) is 11.0. The van der Waals surface area contributed by atoms with Gasteiger partial charge in [-0.3, -0.25) is 0 Å². The van der Waals surface area contributed by atoms with E-state index in [0.717, 1.165) is 43.8 Å². The Bertz CT molecular complexity index is 387. The van der Waals surface area contributed by atoms with Gasteiger partial charge in [-0.15, -0.1) is 0 Å². The molecule has 1 aromatic rings. The van der Waals surface area contributed by atoms with Crippen molar-refractivity contribution in [1.29, 1.82) is 0 Å². The minimum atomic E-state index is -0.0233. The molecule has 0 aromatic carbocycles. The Hall–Kier alpha value is -0.940. The summed E-state index contributed by atoms with van der Waals surface area (Å²) in [7, 11) is 2.09. The van der Waals surface area contributed by atoms with E-state index in [0.29, 0.717) is 0 Å². The lowest BCUT2D eigenvalue weighted by molar-refractivity contribution is -0.0264. The molecule has 1 atom stereocenters. The first-order valence-corrected chi connectivity index (χ1v) is 6.94. The van der Waals surface area contributed by atoms with Crippen LogP contribution in [0.1, 0.15) is 43.5 Å². The highest BCUT2D eigenvalue weighted by Gasteiger charge is 2.25. The number of ether oxygens (including phenoxy) is 1. The second-order valence-corrected chi connectivity index (χ2v) is 5.52. The summed E-state index contributed by atoms with van der Waals surface area (Å²) in [6, 6.07) is 0. The smallest absolute Gasteiger partial charge is 0.227 e. The van der Waals surface area contributed by atoms with E-state index in [9.17, 15) is 0 Å². The first kappa shape index (κ1) is 12.1. The van der Waals surface area contributed by atoms with E-state index in [2.05, 4.69) is 22.1 Å². The van der Waals surface area contributed by atoms with E-state index in [4.69, 9.17) is 9.26 Å². The van der Waals surface area contributed by atoms with E-state index in [1.807, 2.05) is 0 Å². The quantitative estimate of drug-likeness (QED) is 0.820. The molecule has 5 heteroatoms. The average Bonchev–Trinajstić information content (AvgIpc) is 3.01. The Labute approximate surface area is 107 Å². The molecule has 0 spiro atoms. The maximum atomic E-state index is 5.69. The van der Waals surface area contributed by atoms with Gasteiger partial charge in [-0.2, -0.15) is 4.98 Å². The van der Waals surface area contributed by atoms with Crippen molar-refractivity contribution in [3.63, 3.8) is 0 Å². The molecular weight excluding hydrogens is 230 g/mol. The summed E-state index contributed by atoms with van der Waals surface area (Å²) in [5, 5.41) is 4.08. The average molecular weight is 251 g/mol. The van der Waals surface area contributed by atoms with Crippen molar-refractivity contribution in [2.75, 3.05) is 26.7 Å². The number of morpholine rings is 1. The topological polar surface area (TPSA) is 51.4 Å². The van der Waals surface area contributed by atoms with E-state index in [-0.39, 0.29) is 6.10 Å². The molecule has 3 rings (SSSR count). The van der Waals surface area contributed by atoms with Gasteiger partial charge >= 0.3 is 0 Å². The molecule has 100 valence electrons. The lowest BCUT2D eigenvalue weighted by Crippen LogP contribution is -2.35. The Balaban J connectivity index is 1.61. The molecule has 18 heavy (non-hydrogen) atoms. The van der Waals surface area contributed by atoms with Crippen molar-refractivity contribution in [2.45, 2.75) is 38.2 Å². The van der Waals surface area contributed by atoms with Gasteiger partial charge in [0, 0.05) is 19.5 Å². The molecule has 1 saturated carbocycles. The van der Waals surface area contributed by atoms with Crippen LogP contribution in [0.25, 0.3) is 0 Å². The minimum absolute atomic E-state index is 0.0233. The zero-order chi connectivity index (χ0) is 12.4. The number of aromatic nitrogens is 2. The number of hydrogen-bond acceptors (Lipinski definition) is 5. The molecule has 0 bridgehead atoms. The summed E-state index contributed by atoms with van der Waals surface area (Å²) in [6.07, 6.45) is 6.23. The number of rotatable bonds is 3. The van der Waals surface area contributed by atoms with Crippen LogP contribution >= 0.6 is 0 Å². The summed E-state index contributed by atoms with van der Waals surface area (Å²) in [5.41, 5.74) is 0. The van der Waals surface area contributed by atoms with Gasteiger partial charge in [0.05, 0.1) is 6.61 Å². The fourth-order valence-corrected chi connectivity index (χ4v) is 2.88. The molecule has 2 aliphatic rings. The van der Waals surface area contributed by atoms with Gasteiger partial charge in [0.1, 0.15) is 6.10 Å². The van der Waals surface area contributed by atoms with E-state index < -0.39 is 0 Å². The Morgan fingerprint density at radius 3 is 2.94 bits per heavy atom. The Morgan fingerprint density at radius 2 is 2.17 bits per heavy atom. The fraction of sp³-hybridized carbons (Fsp3) is 0.846. The van der Waals surface area contributed by atoms with Crippen LogP contribution in [0, 0.1) is 5.92 Å². The Kier molecular flexibility index (Phi) is 3.61. The van der Waals surface area contributed by atoms with Gasteiger partial charge in [-0.25, -0.2) is 0 Å². The molecule has 2 heterocycles. The fourth-order valence-electron chi connectivity index (χ4n) is 2.88. The van der Waals surface area contributed by atoms with Gasteiger partial charge < -0.3 is 14.2 Å². The second kappa shape index (κ2) is 5.36. The summed E-state index contributed by atoms with van der Waals surface area (Å²) in [5.74, 6) is 2.25. The molecule has 0 N–H and O–H groups in total. The standard InChI is InChI=1S/C13H21N3O2/c1-16-6-7-17-11(9-16)13-14-12(18-15-13)8-10-4-2-3-5-10/h10-11H,2-9H2,1H3. The van der Waals surface area contributed by atoms with Crippen molar-refractivity contribution in [3.8, 4) is 0 Å². The summed E-state index contributed by atoms with van der Waals surface area (Å²) in [6.45, 7) is 2.57. The van der Waals surface area contributed by atoms with Crippen molar-refractivity contribution < 1.29 is 9.26 Å². The lowest BCUT2D eigenvalue weighted by Gasteiger charge is -2.27. The Morgan fingerprint density at radius 1 is 1.33 bits per heavy atom. The molecule has 2 fully saturated rings. The number of nitrogens with zero attached hydrogens (tertiary/aromatic N) is 3. The van der Waals surface area contributed by atoms with Crippen LogP contribution < -0.4 is 0 Å². The molecule has 1 saturated heterocycles. The number of hydrogen-bond donors (Lipinski definition) is 0. The van der Waals surface area contributed by atoms with Crippen LogP contribution in [0.3, 0.4) is 0 Å². The minimum Gasteiger partial charge on any atom is -0.367 e. The number of likely N-dealkylation sites (N-methyl/N-ethyl adjacent to an activating group) is 1. The van der Waals surface area contributed by atoms with E-state index in [1.165, 1.54) is 25.7 Å². The van der Waals surface area contributed by atoms with Crippen LogP contribution in [-0.4, -0.2) is 41.8 Å². The van der Waals surface area contributed by atoms with Crippen molar-refractivity contribution in [2.24, 2.45) is 5.92 Å². The predicted molar refractivity (Wildman–Crippen MR) is 66.2 cm³/mol. The second-order valence-electron chi connectivity index (χ2n) is 5.52. The lowest BCUT2D eigenvalue weighted by atomic mass is 10.0. The van der Waals surface area contributed by atoms with Gasteiger partial charge in [-0.1, -0.05) is 18.0 Å². The summed E-state index contributed by atoms with van der Waals surface area (Å²) in [4.78, 5) is 6.74. The zero-order valence-electron chi connectivity index (χ0n) is 11.0. The third-order valence-electron chi connectivity index (χ3n) is 3.98. The van der Waals surface area contributed by atoms with E-state index in [1.54, 1.807) is 0 Å². The van der Waals surface area contributed by atoms with Gasteiger partial charge in [0.15, 0.2) is 0 Å². The molecule has 0 radical (unpaired) electrons. The molecule has 0 amide bonds. The SMILES string of the molecule is CN1CCOC(c2noc(CC3CCCC3)n2)C1. The third-order valence-corrected chi connectivity index (χ3v) is 3.98. The van der Waals surface area contributed by atoms with Gasteiger partial charge in [0.25, 0.3) is 0 Å². The van der Waals surface area contributed by atoms with Crippen molar-refractivity contribution in [3.05, 3.63) is 11.7 Å². The summed E-state index contributed by atoms with van der Waals surface area (Å²) >= 11 is 0. The monoisotopic (exact) mass is 251 g/mol. The third kappa shape index (κ3) is 2.72. The van der Waals surface area contributed by atoms with E-state index >= 15 is 0 Å². The normalized spacial score (nSPS) is 26.8. The molecule has 5 nitrogen and oxygen atoms in total.